The second kappa shape index (κ2) is 3.91. The molecule has 2 unspecified atom stereocenters. The van der Waals surface area contributed by atoms with Gasteiger partial charge in [-0.3, -0.25) is 0 Å². The lowest BCUT2D eigenvalue weighted by Crippen LogP contribution is -2.44. The monoisotopic (exact) mass is 145 g/mol. The van der Waals surface area contributed by atoms with E-state index in [1.165, 1.54) is 0 Å². The summed E-state index contributed by atoms with van der Waals surface area (Å²) >= 11 is 0. The van der Waals surface area contributed by atoms with Crippen molar-refractivity contribution in [3.8, 4) is 0 Å². The molecule has 0 aliphatic carbocycles. The van der Waals surface area contributed by atoms with Gasteiger partial charge in [0.05, 0.1) is 18.8 Å². The maximum Gasteiger partial charge on any atom is 0.0770 e. The molecule has 1 aliphatic rings. The molecule has 2 atom stereocenters. The van der Waals surface area contributed by atoms with Gasteiger partial charge < -0.3 is 15.2 Å². The molecule has 0 aromatic rings. The van der Waals surface area contributed by atoms with Crippen LogP contribution in [-0.2, 0) is 9.47 Å². The quantitative estimate of drug-likeness (QED) is 0.601. The van der Waals surface area contributed by atoms with Crippen molar-refractivity contribution in [3.63, 3.8) is 0 Å². The Bertz CT molecular complexity index is 95.6. The molecule has 60 valence electrons. The summed E-state index contributed by atoms with van der Waals surface area (Å²) in [6, 6.07) is 0.0775. The molecule has 0 spiro atoms. The van der Waals surface area contributed by atoms with Gasteiger partial charge in [0.25, 0.3) is 0 Å². The highest BCUT2D eigenvalue weighted by atomic mass is 16.5. The van der Waals surface area contributed by atoms with E-state index in [1.807, 2.05) is 6.92 Å². The predicted molar refractivity (Wildman–Crippen MR) is 38.8 cm³/mol. The van der Waals surface area contributed by atoms with Gasteiger partial charge in [0.2, 0.25) is 0 Å². The number of hydrogen-bond acceptors (Lipinski definition) is 3. The minimum absolute atomic E-state index is 0.0775. The van der Waals surface area contributed by atoms with Crippen LogP contribution in [0.15, 0.2) is 0 Å². The Kier molecular flexibility index (Phi) is 3.12. The summed E-state index contributed by atoms with van der Waals surface area (Å²) in [6.07, 6.45) is 1.16. The molecule has 2 N–H and O–H groups in total. The lowest BCUT2D eigenvalue weighted by molar-refractivity contribution is -0.0420. The van der Waals surface area contributed by atoms with E-state index in [2.05, 4.69) is 0 Å². The van der Waals surface area contributed by atoms with E-state index in [0.29, 0.717) is 6.61 Å². The molecular weight excluding hydrogens is 130 g/mol. The van der Waals surface area contributed by atoms with Gasteiger partial charge >= 0.3 is 0 Å². The lowest BCUT2D eigenvalue weighted by Gasteiger charge is -2.28. The van der Waals surface area contributed by atoms with Crippen molar-refractivity contribution in [2.24, 2.45) is 5.73 Å². The highest BCUT2D eigenvalue weighted by Gasteiger charge is 2.21. The Hall–Kier alpha value is -0.120. The molecule has 0 aromatic carbocycles. The topological polar surface area (TPSA) is 44.5 Å². The largest absolute Gasteiger partial charge is 0.380 e. The summed E-state index contributed by atoms with van der Waals surface area (Å²) in [5.74, 6) is 0. The van der Waals surface area contributed by atoms with Crippen LogP contribution in [0.4, 0.5) is 0 Å². The number of hydrogen-bond donors (Lipinski definition) is 1. The standard InChI is InChI=1S/C7H15NO2/c1-2-10-7-3-4-9-5-6(7)8/h6-7H,2-5,8H2,1H3. The second-order valence-corrected chi connectivity index (χ2v) is 2.52. The van der Waals surface area contributed by atoms with Crippen LogP contribution in [0.2, 0.25) is 0 Å². The SMILES string of the molecule is CCOC1CCOCC1N. The van der Waals surface area contributed by atoms with Gasteiger partial charge in [-0.15, -0.1) is 0 Å². The number of ether oxygens (including phenoxy) is 2. The zero-order valence-electron chi connectivity index (χ0n) is 6.38. The normalized spacial score (nSPS) is 34.2. The van der Waals surface area contributed by atoms with E-state index in [9.17, 15) is 0 Å². The molecule has 0 radical (unpaired) electrons. The van der Waals surface area contributed by atoms with Gasteiger partial charge in [-0.1, -0.05) is 0 Å². The van der Waals surface area contributed by atoms with Crippen LogP contribution in [0, 0.1) is 0 Å². The fourth-order valence-electron chi connectivity index (χ4n) is 1.16. The maximum absolute atomic E-state index is 5.72. The summed E-state index contributed by atoms with van der Waals surface area (Å²) in [7, 11) is 0. The highest BCUT2D eigenvalue weighted by molar-refractivity contribution is 4.76. The summed E-state index contributed by atoms with van der Waals surface area (Å²) < 4.78 is 10.5. The van der Waals surface area contributed by atoms with E-state index in [0.717, 1.165) is 19.6 Å². The van der Waals surface area contributed by atoms with Gasteiger partial charge in [0.1, 0.15) is 0 Å². The summed E-state index contributed by atoms with van der Waals surface area (Å²) in [6.45, 7) is 4.17. The Morgan fingerprint density at radius 1 is 1.70 bits per heavy atom. The zero-order valence-corrected chi connectivity index (χ0v) is 6.38. The van der Waals surface area contributed by atoms with Crippen molar-refractivity contribution in [1.29, 1.82) is 0 Å². The summed E-state index contributed by atoms with van der Waals surface area (Å²) in [4.78, 5) is 0. The van der Waals surface area contributed by atoms with Crippen LogP contribution in [-0.4, -0.2) is 32.0 Å². The first kappa shape index (κ1) is 7.98. The summed E-state index contributed by atoms with van der Waals surface area (Å²) in [5, 5.41) is 0. The van der Waals surface area contributed by atoms with Crippen LogP contribution >= 0.6 is 0 Å². The molecular formula is C7H15NO2. The molecule has 3 nitrogen and oxygen atoms in total. The highest BCUT2D eigenvalue weighted by Crippen LogP contribution is 2.09. The Morgan fingerprint density at radius 2 is 2.50 bits per heavy atom. The van der Waals surface area contributed by atoms with Crippen molar-refractivity contribution in [2.45, 2.75) is 25.5 Å². The van der Waals surface area contributed by atoms with Gasteiger partial charge in [-0.2, -0.15) is 0 Å². The molecule has 1 aliphatic heterocycles. The fourth-order valence-corrected chi connectivity index (χ4v) is 1.16. The van der Waals surface area contributed by atoms with E-state index in [1.54, 1.807) is 0 Å². The molecule has 1 rings (SSSR count). The third kappa shape index (κ3) is 1.94. The van der Waals surface area contributed by atoms with Crippen molar-refractivity contribution in [1.82, 2.24) is 0 Å². The van der Waals surface area contributed by atoms with E-state index in [-0.39, 0.29) is 12.1 Å². The van der Waals surface area contributed by atoms with Crippen LogP contribution in [0.25, 0.3) is 0 Å². The molecule has 1 heterocycles. The van der Waals surface area contributed by atoms with Crippen molar-refractivity contribution < 1.29 is 9.47 Å². The first-order chi connectivity index (χ1) is 4.84. The van der Waals surface area contributed by atoms with E-state index in [4.69, 9.17) is 15.2 Å². The molecule has 0 bridgehead atoms. The van der Waals surface area contributed by atoms with Crippen LogP contribution in [0.1, 0.15) is 13.3 Å². The average Bonchev–Trinajstić information content (AvgIpc) is 1.94. The summed E-state index contributed by atoms with van der Waals surface area (Å²) in [5.41, 5.74) is 5.72. The zero-order chi connectivity index (χ0) is 7.40. The third-order valence-electron chi connectivity index (χ3n) is 1.72. The first-order valence-electron chi connectivity index (χ1n) is 3.79. The Balaban J connectivity index is 2.25. The second-order valence-electron chi connectivity index (χ2n) is 2.52. The van der Waals surface area contributed by atoms with Gasteiger partial charge in [-0.05, 0) is 13.3 Å². The third-order valence-corrected chi connectivity index (χ3v) is 1.72. The van der Waals surface area contributed by atoms with Gasteiger partial charge in [0.15, 0.2) is 0 Å². The Labute approximate surface area is 61.5 Å². The molecule has 0 amide bonds. The fraction of sp³-hybridized carbons (Fsp3) is 1.00. The maximum atomic E-state index is 5.72. The predicted octanol–water partition coefficient (Wildman–Crippen LogP) is 0.139. The van der Waals surface area contributed by atoms with E-state index >= 15 is 0 Å². The first-order valence-corrected chi connectivity index (χ1v) is 3.79. The molecule has 0 saturated carbocycles. The van der Waals surface area contributed by atoms with E-state index < -0.39 is 0 Å². The van der Waals surface area contributed by atoms with Crippen molar-refractivity contribution in [3.05, 3.63) is 0 Å². The van der Waals surface area contributed by atoms with Gasteiger partial charge in [0, 0.05) is 13.2 Å². The minimum atomic E-state index is 0.0775. The van der Waals surface area contributed by atoms with Crippen molar-refractivity contribution in [2.75, 3.05) is 19.8 Å². The number of rotatable bonds is 2. The minimum Gasteiger partial charge on any atom is -0.380 e. The smallest absolute Gasteiger partial charge is 0.0770 e. The van der Waals surface area contributed by atoms with Gasteiger partial charge in [-0.25, -0.2) is 0 Å². The molecule has 1 fully saturated rings. The lowest BCUT2D eigenvalue weighted by atomic mass is 10.1. The van der Waals surface area contributed by atoms with Crippen LogP contribution in [0.5, 0.6) is 0 Å². The van der Waals surface area contributed by atoms with Crippen molar-refractivity contribution >= 4 is 0 Å². The number of nitrogens with two attached hydrogens (primary N) is 1. The molecule has 0 aromatic heterocycles. The van der Waals surface area contributed by atoms with Crippen LogP contribution < -0.4 is 5.73 Å². The van der Waals surface area contributed by atoms with Crippen LogP contribution in [0.3, 0.4) is 0 Å². The molecule has 3 heteroatoms. The molecule has 1 saturated heterocycles. The average molecular weight is 145 g/mol. The molecule has 10 heavy (non-hydrogen) atoms. The Morgan fingerprint density at radius 3 is 3.10 bits per heavy atom.